The molecule has 2 aliphatic heterocycles. The van der Waals surface area contributed by atoms with Crippen molar-refractivity contribution in [3.8, 4) is 0 Å². The van der Waals surface area contributed by atoms with Gasteiger partial charge in [-0.3, -0.25) is 9.59 Å². The Balaban J connectivity index is 2.07. The van der Waals surface area contributed by atoms with Crippen LogP contribution in [-0.4, -0.2) is 30.2 Å². The Bertz CT molecular complexity index is 675. The Kier molecular flexibility index (Phi) is 4.14. The van der Waals surface area contributed by atoms with Crippen molar-refractivity contribution in [3.05, 3.63) is 54.1 Å². The summed E-state index contributed by atoms with van der Waals surface area (Å²) in [6, 6.07) is 14.9. The summed E-state index contributed by atoms with van der Waals surface area (Å²) in [6.45, 7) is 0.447. The normalized spacial score (nSPS) is 25.5. The molecule has 1 aromatic carbocycles. The molecule has 2 N–H and O–H groups in total. The van der Waals surface area contributed by atoms with Gasteiger partial charge >= 0.3 is 0 Å². The number of Topliss-reactive ketones (excluding diaryl/α,β-unsaturated/α-hetero) is 1. The molecule has 2 atom stereocenters. The topological polar surface area (TPSA) is 58.2 Å². The fourth-order valence-corrected chi connectivity index (χ4v) is 3.31. The van der Waals surface area contributed by atoms with E-state index in [1.807, 2.05) is 48.5 Å². The molecule has 1 amide bonds. The van der Waals surface area contributed by atoms with Crippen LogP contribution in [0.4, 0.5) is 5.69 Å². The lowest BCUT2D eigenvalue weighted by Gasteiger charge is -2.19. The van der Waals surface area contributed by atoms with Crippen LogP contribution in [0.1, 0.15) is 12.0 Å². The van der Waals surface area contributed by atoms with E-state index in [2.05, 4.69) is 10.6 Å². The number of alkyl halides is 1. The Morgan fingerprint density at radius 3 is 2.59 bits per heavy atom. The van der Waals surface area contributed by atoms with Gasteiger partial charge in [0.15, 0.2) is 5.78 Å². The molecule has 1 aromatic rings. The second-order valence-corrected chi connectivity index (χ2v) is 5.86. The fourth-order valence-electron chi connectivity index (χ4n) is 3.12. The second kappa shape index (κ2) is 6.07. The Morgan fingerprint density at radius 2 is 1.86 bits per heavy atom. The van der Waals surface area contributed by atoms with Crippen molar-refractivity contribution >= 4 is 29.0 Å². The summed E-state index contributed by atoms with van der Waals surface area (Å²) in [5.41, 5.74) is 1.02. The van der Waals surface area contributed by atoms with Gasteiger partial charge in [-0.25, -0.2) is 0 Å². The summed E-state index contributed by atoms with van der Waals surface area (Å²) in [6.07, 6.45) is 0.445. The average Bonchev–Trinajstić information content (AvgIpc) is 3.08. The van der Waals surface area contributed by atoms with E-state index in [0.717, 1.165) is 11.3 Å². The van der Waals surface area contributed by atoms with Crippen LogP contribution in [0, 0.1) is 0 Å². The number of carbonyl (C=O) groups is 2. The van der Waals surface area contributed by atoms with Gasteiger partial charge in [-0.15, -0.1) is 11.6 Å². The highest BCUT2D eigenvalue weighted by Crippen LogP contribution is 2.42. The predicted octanol–water partition coefficient (Wildman–Crippen LogP) is 2.17. The minimum atomic E-state index is -0.695. The van der Waals surface area contributed by atoms with Crippen molar-refractivity contribution in [2.24, 2.45) is 0 Å². The van der Waals surface area contributed by atoms with E-state index in [1.54, 1.807) is 0 Å². The molecule has 1 saturated heterocycles. The molecule has 114 valence electrons. The number of halogens is 1. The molecule has 4 nitrogen and oxygen atoms in total. The third kappa shape index (κ3) is 2.49. The lowest BCUT2D eigenvalue weighted by Crippen LogP contribution is -2.36. The first-order valence-electron chi connectivity index (χ1n) is 7.24. The summed E-state index contributed by atoms with van der Waals surface area (Å²) in [4.78, 5) is 24.4. The van der Waals surface area contributed by atoms with Crippen LogP contribution in [0.5, 0.6) is 0 Å². The summed E-state index contributed by atoms with van der Waals surface area (Å²) in [5.74, 6) is -0.163. The number of nitrogens with one attached hydrogen (secondary N) is 2. The zero-order valence-corrected chi connectivity index (χ0v) is 12.8. The molecule has 0 aromatic heterocycles. The maximum atomic E-state index is 12.6. The first kappa shape index (κ1) is 15.0. The van der Waals surface area contributed by atoms with Crippen molar-refractivity contribution in [1.82, 2.24) is 5.32 Å². The maximum absolute atomic E-state index is 12.6. The van der Waals surface area contributed by atoms with Gasteiger partial charge in [0.05, 0.1) is 17.3 Å². The number of ketones is 1. The molecule has 2 heterocycles. The van der Waals surface area contributed by atoms with Crippen molar-refractivity contribution < 1.29 is 9.59 Å². The lowest BCUT2D eigenvalue weighted by molar-refractivity contribution is -0.120. The molecule has 1 spiro atoms. The molecule has 2 unspecified atom stereocenters. The van der Waals surface area contributed by atoms with Crippen LogP contribution in [0.3, 0.4) is 0 Å². The monoisotopic (exact) mass is 316 g/mol. The van der Waals surface area contributed by atoms with Crippen LogP contribution >= 0.6 is 11.6 Å². The quantitative estimate of drug-likeness (QED) is 0.822. The summed E-state index contributed by atoms with van der Waals surface area (Å²) in [7, 11) is 0. The lowest BCUT2D eigenvalue weighted by atomic mass is 9.79. The number of rotatable bonds is 2. The van der Waals surface area contributed by atoms with E-state index in [9.17, 15) is 9.59 Å². The van der Waals surface area contributed by atoms with E-state index in [4.69, 9.17) is 11.6 Å². The fraction of sp³-hybridized carbons (Fsp3) is 0.294. The molecule has 0 saturated carbocycles. The van der Waals surface area contributed by atoms with Gasteiger partial charge in [0.25, 0.3) is 0 Å². The summed E-state index contributed by atoms with van der Waals surface area (Å²) >= 11 is 5.64. The molecule has 0 bridgehead atoms. The van der Waals surface area contributed by atoms with E-state index in [-0.39, 0.29) is 23.6 Å². The molecular formula is C17H17ClN2O2. The van der Waals surface area contributed by atoms with Gasteiger partial charge in [0.2, 0.25) is 5.91 Å². The van der Waals surface area contributed by atoms with Gasteiger partial charge in [-0.05, 0) is 18.1 Å². The molecule has 3 rings (SSSR count). The van der Waals surface area contributed by atoms with Gasteiger partial charge in [0, 0.05) is 12.2 Å². The van der Waals surface area contributed by atoms with E-state index < -0.39 is 5.41 Å². The standard InChI is InChI=1S/C17H17ClN2O2/c18-10-15(21)14-9-17(11-19-14)12-7-5-3-1-2-4-6-8-13(12)20-16(17)22/h1-8,14,19H,9-11H2,(H,20,22). The highest BCUT2D eigenvalue weighted by atomic mass is 35.5. The Hall–Kier alpha value is -1.91. The number of fused-ring (bicyclic) bond motifs is 2. The van der Waals surface area contributed by atoms with Gasteiger partial charge in [0.1, 0.15) is 0 Å². The maximum Gasteiger partial charge on any atom is 0.236 e. The number of hydrogen-bond donors (Lipinski definition) is 2. The number of amides is 1. The second-order valence-electron chi connectivity index (χ2n) is 5.59. The van der Waals surface area contributed by atoms with Crippen molar-refractivity contribution in [2.45, 2.75) is 17.9 Å². The van der Waals surface area contributed by atoms with Crippen molar-refractivity contribution in [3.63, 3.8) is 0 Å². The van der Waals surface area contributed by atoms with Crippen LogP contribution in [-0.2, 0) is 15.0 Å². The largest absolute Gasteiger partial charge is 0.325 e. The van der Waals surface area contributed by atoms with Crippen LogP contribution in [0.2, 0.25) is 0 Å². The minimum Gasteiger partial charge on any atom is -0.325 e. The molecule has 0 radical (unpaired) electrons. The smallest absolute Gasteiger partial charge is 0.236 e. The Morgan fingerprint density at radius 1 is 1.18 bits per heavy atom. The van der Waals surface area contributed by atoms with Crippen LogP contribution < -0.4 is 10.6 Å². The van der Waals surface area contributed by atoms with Gasteiger partial charge < -0.3 is 10.6 Å². The number of hydrogen-bond acceptors (Lipinski definition) is 3. The highest BCUT2D eigenvalue weighted by molar-refractivity contribution is 6.28. The van der Waals surface area contributed by atoms with Crippen LogP contribution in [0.15, 0.2) is 48.5 Å². The summed E-state index contributed by atoms with van der Waals surface area (Å²) in [5, 5.41) is 6.09. The zero-order chi connectivity index (χ0) is 15.6. The first-order chi connectivity index (χ1) is 10.7. The Labute approximate surface area is 134 Å². The van der Waals surface area contributed by atoms with E-state index in [1.165, 1.54) is 0 Å². The third-order valence-electron chi connectivity index (χ3n) is 4.29. The van der Waals surface area contributed by atoms with Gasteiger partial charge in [-0.1, -0.05) is 42.5 Å². The number of anilines is 1. The molecule has 5 heteroatoms. The van der Waals surface area contributed by atoms with Gasteiger partial charge in [-0.2, -0.15) is 0 Å². The molecule has 0 aliphatic carbocycles. The van der Waals surface area contributed by atoms with Crippen LogP contribution in [0.25, 0.3) is 0 Å². The molecule has 22 heavy (non-hydrogen) atoms. The average molecular weight is 317 g/mol. The SMILES string of the molecule is O=C(CCl)C1CC2(CN1)C(=O)Nc1ccccccccc12. The molecule has 2 aliphatic rings. The third-order valence-corrected chi connectivity index (χ3v) is 4.56. The minimum absolute atomic E-state index is 0.0372. The zero-order valence-electron chi connectivity index (χ0n) is 12.0. The summed E-state index contributed by atoms with van der Waals surface area (Å²) < 4.78 is 0. The number of carbonyl (C=O) groups excluding carboxylic acids is 2. The molecular weight excluding hydrogens is 300 g/mol. The van der Waals surface area contributed by atoms with Crippen molar-refractivity contribution in [2.75, 3.05) is 17.7 Å². The highest BCUT2D eigenvalue weighted by Gasteiger charge is 2.52. The van der Waals surface area contributed by atoms with E-state index in [0.29, 0.717) is 13.0 Å². The van der Waals surface area contributed by atoms with E-state index >= 15 is 0 Å². The first-order valence-corrected chi connectivity index (χ1v) is 7.77. The predicted molar refractivity (Wildman–Crippen MR) is 86.5 cm³/mol. The molecule has 1 fully saturated rings. The van der Waals surface area contributed by atoms with Crippen molar-refractivity contribution in [1.29, 1.82) is 0 Å².